The lowest BCUT2D eigenvalue weighted by molar-refractivity contribution is -0.115. The van der Waals surface area contributed by atoms with Gasteiger partial charge in [0.25, 0.3) is 5.04 Å². The molecular weight excluding hydrogens is 292 g/mol. The van der Waals surface area contributed by atoms with E-state index in [9.17, 15) is 9.59 Å². The van der Waals surface area contributed by atoms with E-state index >= 15 is 0 Å². The van der Waals surface area contributed by atoms with Gasteiger partial charge in [-0.25, -0.2) is 0 Å². The summed E-state index contributed by atoms with van der Waals surface area (Å²) in [6, 6.07) is 0. The Bertz CT molecular complexity index is 479. The zero-order chi connectivity index (χ0) is 11.9. The number of rotatable bonds is 2. The maximum atomic E-state index is 11.8. The van der Waals surface area contributed by atoms with E-state index in [2.05, 4.69) is 20.9 Å². The van der Waals surface area contributed by atoms with E-state index in [4.69, 9.17) is 5.73 Å². The van der Waals surface area contributed by atoms with E-state index in [0.717, 1.165) is 10.8 Å². The first kappa shape index (κ1) is 11.6. The van der Waals surface area contributed by atoms with E-state index in [0.29, 0.717) is 21.5 Å². The molecule has 0 saturated heterocycles. The smallest absolute Gasteiger partial charge is 0.260 e. The lowest BCUT2D eigenvalue weighted by Crippen LogP contribution is -2.21. The van der Waals surface area contributed by atoms with Crippen LogP contribution in [0.15, 0.2) is 26.8 Å². The van der Waals surface area contributed by atoms with Crippen LogP contribution in [0.3, 0.4) is 0 Å². The highest BCUT2D eigenvalue weighted by atomic mass is 79.9. The largest absolute Gasteiger partial charge is 0.366 e. The first-order valence-electron chi connectivity index (χ1n) is 4.75. The van der Waals surface area contributed by atoms with Crippen LogP contribution in [-0.4, -0.2) is 28.2 Å². The Balaban J connectivity index is 2.55. The molecule has 2 N–H and O–H groups in total. The van der Waals surface area contributed by atoms with Gasteiger partial charge in [-0.05, 0) is 22.9 Å². The number of primary amides is 1. The van der Waals surface area contributed by atoms with Gasteiger partial charge in [0, 0.05) is 17.0 Å². The molecule has 6 heteroatoms. The normalized spacial score (nSPS) is 24.1. The number of allylic oxidation sites excluding steroid dienone is 1. The van der Waals surface area contributed by atoms with Gasteiger partial charge in [0.15, 0.2) is 5.78 Å². The van der Waals surface area contributed by atoms with Gasteiger partial charge in [-0.2, -0.15) is 4.99 Å². The van der Waals surface area contributed by atoms with E-state index < -0.39 is 5.91 Å². The lowest BCUT2D eigenvalue weighted by Gasteiger charge is -2.05. The molecule has 4 nitrogen and oxygen atoms in total. The second-order valence-electron chi connectivity index (χ2n) is 3.39. The molecule has 1 atom stereocenters. The quantitative estimate of drug-likeness (QED) is 0.600. The van der Waals surface area contributed by atoms with Crippen molar-refractivity contribution in [3.63, 3.8) is 0 Å². The summed E-state index contributed by atoms with van der Waals surface area (Å²) in [6.07, 6.45) is 1.38. The van der Waals surface area contributed by atoms with Crippen molar-refractivity contribution in [3.8, 4) is 0 Å². The molecule has 1 unspecified atom stereocenters. The molecule has 0 fully saturated rings. The van der Waals surface area contributed by atoms with Crippen LogP contribution in [0, 0.1) is 0 Å². The first-order chi connectivity index (χ1) is 7.54. The van der Waals surface area contributed by atoms with Crippen molar-refractivity contribution in [2.24, 2.45) is 10.7 Å². The minimum absolute atomic E-state index is 0.159. The van der Waals surface area contributed by atoms with Crippen LogP contribution in [0.1, 0.15) is 6.92 Å². The average molecular weight is 302 g/mol. The molecule has 2 heterocycles. The molecule has 0 aliphatic carbocycles. The fourth-order valence-electron chi connectivity index (χ4n) is 1.71. The average Bonchev–Trinajstić information content (AvgIpc) is 2.56. The van der Waals surface area contributed by atoms with E-state index in [1.54, 1.807) is 0 Å². The van der Waals surface area contributed by atoms with Crippen LogP contribution in [-0.2, 0) is 20.5 Å². The van der Waals surface area contributed by atoms with Crippen molar-refractivity contribution >= 4 is 43.6 Å². The molecule has 84 valence electrons. The molecule has 0 bridgehead atoms. The van der Waals surface area contributed by atoms with Crippen molar-refractivity contribution in [1.82, 2.24) is 0 Å². The number of hydrogen-bond donors (Lipinski definition) is 1. The van der Waals surface area contributed by atoms with Gasteiger partial charge in [-0.3, -0.25) is 9.59 Å². The molecule has 1 amide bonds. The summed E-state index contributed by atoms with van der Waals surface area (Å²) in [7, 11) is -0.159. The van der Waals surface area contributed by atoms with Gasteiger partial charge in [-0.1, -0.05) is 0 Å². The zero-order valence-corrected chi connectivity index (χ0v) is 11.0. The number of halogens is 1. The number of nitrogens with two attached hydrogens (primary N) is 1. The fourth-order valence-corrected chi connectivity index (χ4v) is 4.20. The predicted molar refractivity (Wildman–Crippen MR) is 68.4 cm³/mol. The predicted octanol–water partition coefficient (Wildman–Crippen LogP) is 0.638. The van der Waals surface area contributed by atoms with Crippen molar-refractivity contribution < 1.29 is 9.59 Å². The Morgan fingerprint density at radius 3 is 2.94 bits per heavy atom. The Kier molecular flexibility index (Phi) is 3.03. The van der Waals surface area contributed by atoms with Crippen LogP contribution in [0.2, 0.25) is 0 Å². The van der Waals surface area contributed by atoms with E-state index in [-0.39, 0.29) is 16.7 Å². The SMILES string of the molecule is CC[S+]1CC(C(N)=O)=C2C(=O)C=C(Br)N=C21. The maximum absolute atomic E-state index is 11.8. The minimum atomic E-state index is -0.508. The third-order valence-electron chi connectivity index (χ3n) is 2.46. The molecule has 0 aromatic rings. The minimum Gasteiger partial charge on any atom is -0.366 e. The summed E-state index contributed by atoms with van der Waals surface area (Å²) in [6.45, 7) is 2.02. The number of carbonyl (C=O) groups is 2. The Morgan fingerprint density at radius 1 is 1.69 bits per heavy atom. The highest BCUT2D eigenvalue weighted by molar-refractivity contribution is 9.11. The zero-order valence-electron chi connectivity index (χ0n) is 8.62. The number of hydrogen-bond acceptors (Lipinski definition) is 3. The Hall–Kier alpha value is -0.880. The highest BCUT2D eigenvalue weighted by Crippen LogP contribution is 2.31. The summed E-state index contributed by atoms with van der Waals surface area (Å²) in [5.41, 5.74) is 6.15. The molecule has 0 aromatic heterocycles. The third-order valence-corrected chi connectivity index (χ3v) is 5.04. The van der Waals surface area contributed by atoms with Gasteiger partial charge >= 0.3 is 0 Å². The summed E-state index contributed by atoms with van der Waals surface area (Å²) < 4.78 is 0.521. The van der Waals surface area contributed by atoms with Crippen LogP contribution in [0.4, 0.5) is 0 Å². The number of nitrogens with zero attached hydrogens (tertiary/aromatic N) is 1. The number of amides is 1. The summed E-state index contributed by atoms with van der Waals surface area (Å²) in [5, 5.41) is 0.732. The van der Waals surface area contributed by atoms with Gasteiger partial charge in [0.1, 0.15) is 21.7 Å². The summed E-state index contributed by atoms with van der Waals surface area (Å²) in [5.74, 6) is 0.743. The lowest BCUT2D eigenvalue weighted by atomic mass is 10.0. The molecule has 2 aliphatic rings. The van der Waals surface area contributed by atoms with Gasteiger partial charge in [-0.15, -0.1) is 0 Å². The topological polar surface area (TPSA) is 72.5 Å². The molecule has 0 saturated carbocycles. The Labute approximate surface area is 104 Å². The first-order valence-corrected chi connectivity index (χ1v) is 7.11. The van der Waals surface area contributed by atoms with Crippen LogP contribution in [0.25, 0.3) is 0 Å². The van der Waals surface area contributed by atoms with Crippen LogP contribution < -0.4 is 5.73 Å². The molecule has 2 rings (SSSR count). The van der Waals surface area contributed by atoms with Crippen molar-refractivity contribution in [3.05, 3.63) is 21.8 Å². The van der Waals surface area contributed by atoms with E-state index in [1.165, 1.54) is 6.08 Å². The maximum Gasteiger partial charge on any atom is 0.260 e. The second kappa shape index (κ2) is 4.18. The Morgan fingerprint density at radius 2 is 2.38 bits per heavy atom. The summed E-state index contributed by atoms with van der Waals surface area (Å²) >= 11 is 3.20. The second-order valence-corrected chi connectivity index (χ2v) is 6.44. The van der Waals surface area contributed by atoms with Crippen molar-refractivity contribution in [2.45, 2.75) is 6.92 Å². The molecule has 0 aromatic carbocycles. The molecule has 0 spiro atoms. The van der Waals surface area contributed by atoms with Crippen LogP contribution in [0.5, 0.6) is 0 Å². The van der Waals surface area contributed by atoms with Crippen LogP contribution >= 0.6 is 15.9 Å². The third kappa shape index (κ3) is 1.76. The van der Waals surface area contributed by atoms with Gasteiger partial charge < -0.3 is 5.73 Å². The molecule has 16 heavy (non-hydrogen) atoms. The highest BCUT2D eigenvalue weighted by Gasteiger charge is 2.45. The molecular formula is C10H10BrN2O2S+. The monoisotopic (exact) mass is 301 g/mol. The van der Waals surface area contributed by atoms with Gasteiger partial charge in [0.2, 0.25) is 5.91 Å². The fraction of sp³-hybridized carbons (Fsp3) is 0.300. The number of carbonyl (C=O) groups excluding carboxylic acids is 2. The van der Waals surface area contributed by atoms with Gasteiger partial charge in [0.05, 0.1) is 5.57 Å². The number of aliphatic imine (C=N–C) groups is 1. The molecule has 0 radical (unpaired) electrons. The molecule has 2 aliphatic heterocycles. The van der Waals surface area contributed by atoms with E-state index in [1.807, 2.05) is 6.92 Å². The number of ketones is 1. The van der Waals surface area contributed by atoms with Crippen molar-refractivity contribution in [1.29, 1.82) is 0 Å². The van der Waals surface area contributed by atoms with Crippen molar-refractivity contribution in [2.75, 3.05) is 11.5 Å². The standard InChI is InChI=1S/C10H9BrN2O2S/c1-2-16-4-5(9(12)15)8-6(14)3-7(11)13-10(8)16/h3H,2,4H2,1H3,(H-,12,15)/p+1. The summed E-state index contributed by atoms with van der Waals surface area (Å²) in [4.78, 5) is 27.4. The number of fused-ring (bicyclic) bond motifs is 1.